The van der Waals surface area contributed by atoms with Crippen molar-refractivity contribution in [2.45, 2.75) is 26.5 Å². The maximum atomic E-state index is 12.7. The number of carbonyl (C=O) groups is 1. The zero-order valence-electron chi connectivity index (χ0n) is 17.0. The summed E-state index contributed by atoms with van der Waals surface area (Å²) in [4.78, 5) is 17.1. The van der Waals surface area contributed by atoms with Gasteiger partial charge in [-0.3, -0.25) is 4.79 Å². The molecule has 154 valence electrons. The van der Waals surface area contributed by atoms with Gasteiger partial charge in [0.05, 0.1) is 12.6 Å². The Morgan fingerprint density at radius 1 is 1.17 bits per heavy atom. The average Bonchev–Trinajstić information content (AvgIpc) is 3.12. The van der Waals surface area contributed by atoms with Crippen LogP contribution in [0.2, 0.25) is 0 Å². The van der Waals surface area contributed by atoms with E-state index < -0.39 is 12.0 Å². The highest BCUT2D eigenvalue weighted by Gasteiger charge is 2.40. The summed E-state index contributed by atoms with van der Waals surface area (Å²) in [5.41, 5.74) is 2.54. The van der Waals surface area contributed by atoms with E-state index in [1.807, 2.05) is 61.5 Å². The van der Waals surface area contributed by atoms with Crippen molar-refractivity contribution in [2.75, 3.05) is 11.9 Å². The molecule has 0 bridgehead atoms. The average molecular weight is 404 g/mol. The molecule has 4 rings (SSSR count). The van der Waals surface area contributed by atoms with Gasteiger partial charge in [-0.2, -0.15) is 10.1 Å². The smallest absolute Gasteiger partial charge is 0.317 e. The molecule has 2 aromatic carbocycles. The van der Waals surface area contributed by atoms with Crippen molar-refractivity contribution >= 4 is 11.9 Å². The summed E-state index contributed by atoms with van der Waals surface area (Å²) in [6.07, 6.45) is 0. The van der Waals surface area contributed by atoms with E-state index in [9.17, 15) is 4.79 Å². The molecule has 7 heteroatoms. The van der Waals surface area contributed by atoms with Crippen LogP contribution in [0.1, 0.15) is 29.9 Å². The number of aromatic nitrogens is 3. The van der Waals surface area contributed by atoms with Crippen molar-refractivity contribution in [3.63, 3.8) is 0 Å². The highest BCUT2D eigenvalue weighted by Crippen LogP contribution is 2.38. The number of esters is 1. The third-order valence-corrected chi connectivity index (χ3v) is 4.97. The largest absolute Gasteiger partial charge is 0.489 e. The highest BCUT2D eigenvalue weighted by molar-refractivity contribution is 5.79. The fourth-order valence-electron chi connectivity index (χ4n) is 3.60. The number of aryl methyl sites for hydroxylation is 1. The first kappa shape index (κ1) is 19.7. The fourth-order valence-corrected chi connectivity index (χ4v) is 3.60. The first-order chi connectivity index (χ1) is 14.6. The van der Waals surface area contributed by atoms with Crippen LogP contribution >= 0.6 is 0 Å². The Balaban J connectivity index is 1.62. The number of ether oxygens (including phenoxy) is 2. The summed E-state index contributed by atoms with van der Waals surface area (Å²) in [5, 5.41) is 7.59. The van der Waals surface area contributed by atoms with E-state index >= 15 is 0 Å². The number of anilines is 1. The van der Waals surface area contributed by atoms with Crippen LogP contribution in [0.25, 0.3) is 0 Å². The lowest BCUT2D eigenvalue weighted by molar-refractivity contribution is -0.147. The molecule has 0 fully saturated rings. The van der Waals surface area contributed by atoms with E-state index in [-0.39, 0.29) is 5.97 Å². The zero-order valence-corrected chi connectivity index (χ0v) is 17.0. The molecule has 1 N–H and O–H groups in total. The Hall–Kier alpha value is -3.61. The Morgan fingerprint density at radius 2 is 1.90 bits per heavy atom. The molecule has 2 heterocycles. The molecule has 30 heavy (non-hydrogen) atoms. The summed E-state index contributed by atoms with van der Waals surface area (Å²) < 4.78 is 12.9. The molecule has 0 unspecified atom stereocenters. The molecule has 0 spiro atoms. The van der Waals surface area contributed by atoms with E-state index in [0.29, 0.717) is 30.7 Å². The van der Waals surface area contributed by atoms with Crippen LogP contribution in [0.15, 0.2) is 66.9 Å². The van der Waals surface area contributed by atoms with E-state index in [4.69, 9.17) is 9.47 Å². The minimum absolute atomic E-state index is 0.296. The lowest BCUT2D eigenvalue weighted by Gasteiger charge is -2.33. The first-order valence-electron chi connectivity index (χ1n) is 9.89. The van der Waals surface area contributed by atoms with Gasteiger partial charge in [0.2, 0.25) is 5.95 Å². The zero-order chi connectivity index (χ0) is 21.1. The molecule has 0 aliphatic carbocycles. The van der Waals surface area contributed by atoms with Gasteiger partial charge in [0.25, 0.3) is 0 Å². The molecule has 0 radical (unpaired) electrons. The number of benzene rings is 2. The minimum Gasteiger partial charge on any atom is -0.489 e. The number of fused-ring (bicyclic) bond motifs is 1. The van der Waals surface area contributed by atoms with Crippen LogP contribution in [-0.4, -0.2) is 27.3 Å². The molecule has 0 saturated heterocycles. The number of carbonyl (C=O) groups excluding carboxylic acids is 1. The van der Waals surface area contributed by atoms with Crippen molar-refractivity contribution in [2.24, 2.45) is 5.92 Å². The molecule has 7 nitrogen and oxygen atoms in total. The number of rotatable bonds is 6. The quantitative estimate of drug-likeness (QED) is 0.629. The minimum atomic E-state index is -0.616. The second kappa shape index (κ2) is 8.41. The van der Waals surface area contributed by atoms with Gasteiger partial charge in [-0.1, -0.05) is 49.0 Å². The number of hydrogen-bond donors (Lipinski definition) is 1. The van der Waals surface area contributed by atoms with Crippen LogP contribution < -0.4 is 10.1 Å². The van der Waals surface area contributed by atoms with Crippen LogP contribution in [0.4, 0.5) is 5.95 Å². The summed E-state index contributed by atoms with van der Waals surface area (Å²) >= 11 is 0. The number of nitrogens with zero attached hydrogens (tertiary/aromatic N) is 3. The monoisotopic (exact) mass is 404 g/mol. The van der Waals surface area contributed by atoms with Gasteiger partial charge >= 0.3 is 5.97 Å². The molecular formula is C23H24N4O3. The van der Waals surface area contributed by atoms with Crippen LogP contribution in [0.5, 0.6) is 5.75 Å². The van der Waals surface area contributed by atoms with Crippen LogP contribution in [0.3, 0.4) is 0 Å². The van der Waals surface area contributed by atoms with Gasteiger partial charge in [0.15, 0.2) is 0 Å². The molecule has 0 amide bonds. The normalized spacial score (nSPS) is 17.7. The second-order valence-corrected chi connectivity index (χ2v) is 7.10. The van der Waals surface area contributed by atoms with Crippen molar-refractivity contribution < 1.29 is 14.3 Å². The van der Waals surface area contributed by atoms with Crippen molar-refractivity contribution in [1.82, 2.24) is 14.8 Å². The molecular weight excluding hydrogens is 380 g/mol. The number of nitrogens with one attached hydrogen (secondary N) is 1. The molecule has 0 saturated carbocycles. The molecule has 3 aromatic rings. The third kappa shape index (κ3) is 3.91. The summed E-state index contributed by atoms with van der Waals surface area (Å²) in [6.45, 7) is 8.43. The van der Waals surface area contributed by atoms with Gasteiger partial charge < -0.3 is 14.8 Å². The third-order valence-electron chi connectivity index (χ3n) is 4.97. The molecule has 2 atom stereocenters. The predicted molar refractivity (Wildman–Crippen MR) is 113 cm³/mol. The van der Waals surface area contributed by atoms with E-state index in [0.717, 1.165) is 16.9 Å². The standard InChI is InChI=1S/C23H24N4O3/c1-4-29-22(28)20-15(2)24-23-25-16(3)26-27(23)21(20)18-10-12-19(13-11-18)30-14-17-8-6-5-7-9-17/h5-13,20-21H,2,4,14H2,1,3H3,(H,24,25,26)/t20-,21+/m0/s1. The van der Waals surface area contributed by atoms with Crippen LogP contribution in [-0.2, 0) is 16.1 Å². The molecule has 1 aromatic heterocycles. The van der Waals surface area contributed by atoms with E-state index in [2.05, 4.69) is 22.0 Å². The van der Waals surface area contributed by atoms with E-state index in [1.165, 1.54) is 0 Å². The maximum Gasteiger partial charge on any atom is 0.317 e. The summed E-state index contributed by atoms with van der Waals surface area (Å²) in [7, 11) is 0. The Morgan fingerprint density at radius 3 is 2.60 bits per heavy atom. The Labute approximate surface area is 175 Å². The topological polar surface area (TPSA) is 78.3 Å². The fraction of sp³-hybridized carbons (Fsp3) is 0.261. The van der Waals surface area contributed by atoms with Gasteiger partial charge in [-0.05, 0) is 37.1 Å². The van der Waals surface area contributed by atoms with Crippen molar-refractivity contribution in [3.8, 4) is 5.75 Å². The Bertz CT molecular complexity index is 1040. The highest BCUT2D eigenvalue weighted by atomic mass is 16.5. The van der Waals surface area contributed by atoms with Crippen LogP contribution in [0, 0.1) is 12.8 Å². The van der Waals surface area contributed by atoms with E-state index in [1.54, 1.807) is 11.6 Å². The predicted octanol–water partition coefficient (Wildman–Crippen LogP) is 3.87. The van der Waals surface area contributed by atoms with Crippen molar-refractivity contribution in [3.05, 3.63) is 83.8 Å². The first-order valence-corrected chi connectivity index (χ1v) is 9.89. The molecule has 1 aliphatic rings. The Kier molecular flexibility index (Phi) is 5.52. The molecule has 1 aliphatic heterocycles. The van der Waals surface area contributed by atoms with Crippen molar-refractivity contribution in [1.29, 1.82) is 0 Å². The SMILES string of the molecule is C=C1Nc2nc(C)nn2[C@H](c2ccc(OCc3ccccc3)cc2)[C@H]1C(=O)OCC. The lowest BCUT2D eigenvalue weighted by Crippen LogP contribution is -2.37. The lowest BCUT2D eigenvalue weighted by atomic mass is 9.89. The maximum absolute atomic E-state index is 12.7. The number of hydrogen-bond acceptors (Lipinski definition) is 6. The second-order valence-electron chi connectivity index (χ2n) is 7.10. The summed E-state index contributed by atoms with van der Waals surface area (Å²) in [6, 6.07) is 17.3. The van der Waals surface area contributed by atoms with Gasteiger partial charge in [-0.25, -0.2) is 4.68 Å². The van der Waals surface area contributed by atoms with Gasteiger partial charge in [-0.15, -0.1) is 0 Å². The van der Waals surface area contributed by atoms with Gasteiger partial charge in [0, 0.05) is 5.70 Å². The van der Waals surface area contributed by atoms with Gasteiger partial charge in [0.1, 0.15) is 24.1 Å². The summed E-state index contributed by atoms with van der Waals surface area (Å²) in [5.74, 6) is 0.964.